The molecule has 0 atom stereocenters. The van der Waals surface area contributed by atoms with Gasteiger partial charge in [0, 0.05) is 16.8 Å². The zero-order chi connectivity index (χ0) is 17.5. The highest BCUT2D eigenvalue weighted by Gasteiger charge is 2.09. The van der Waals surface area contributed by atoms with E-state index in [0.717, 1.165) is 0 Å². The normalized spacial score (nSPS) is 10.4. The summed E-state index contributed by atoms with van der Waals surface area (Å²) in [6.07, 6.45) is 0.850. The first-order valence-electron chi connectivity index (χ1n) is 7.04. The summed E-state index contributed by atoms with van der Waals surface area (Å²) in [6.45, 7) is 0.347. The van der Waals surface area contributed by atoms with Gasteiger partial charge in [-0.2, -0.15) is 0 Å². The maximum absolute atomic E-state index is 11.8. The highest BCUT2D eigenvalue weighted by atomic mass is 35.5. The molecule has 0 saturated carbocycles. The van der Waals surface area contributed by atoms with Crippen LogP contribution >= 0.6 is 34.5 Å². The van der Waals surface area contributed by atoms with E-state index in [4.69, 9.17) is 33.7 Å². The van der Waals surface area contributed by atoms with Crippen LogP contribution in [-0.4, -0.2) is 23.4 Å². The molecule has 0 fully saturated rings. The third-order valence-corrected chi connectivity index (χ3v) is 4.19. The van der Waals surface area contributed by atoms with E-state index in [9.17, 15) is 9.59 Å². The van der Waals surface area contributed by atoms with Gasteiger partial charge in [-0.05, 0) is 24.6 Å². The number of benzene rings is 1. The van der Waals surface area contributed by atoms with Crippen molar-refractivity contribution in [3.63, 3.8) is 0 Å². The molecule has 2 rings (SSSR count). The van der Waals surface area contributed by atoms with E-state index in [1.165, 1.54) is 11.3 Å². The van der Waals surface area contributed by atoms with Crippen LogP contribution in [0.25, 0.3) is 0 Å². The molecule has 1 aromatic heterocycles. The minimum atomic E-state index is -0.462. The van der Waals surface area contributed by atoms with E-state index in [0.29, 0.717) is 39.6 Å². The Labute approximate surface area is 152 Å². The standard InChI is InChI=1S/C15H15Cl2N3O3S/c16-9-3-4-12(11(17)6-9)23-5-1-2-14(22)20-15-19-10(8-24-15)7-13(18)21/h3-4,6,8H,1-2,5,7H2,(H2,18,21)(H,19,20,22). The molecule has 1 aromatic carbocycles. The SMILES string of the molecule is NC(=O)Cc1csc(NC(=O)CCCOc2ccc(Cl)cc2Cl)n1. The van der Waals surface area contributed by atoms with Crippen molar-refractivity contribution >= 4 is 51.5 Å². The summed E-state index contributed by atoms with van der Waals surface area (Å²) in [5.41, 5.74) is 5.64. The number of halogens is 2. The maximum atomic E-state index is 11.8. The Morgan fingerprint density at radius 1 is 1.33 bits per heavy atom. The molecular formula is C15H15Cl2N3O3S. The van der Waals surface area contributed by atoms with Gasteiger partial charge < -0.3 is 15.8 Å². The molecule has 0 aliphatic rings. The first-order chi connectivity index (χ1) is 11.4. The Balaban J connectivity index is 1.71. The Hall–Kier alpha value is -1.83. The lowest BCUT2D eigenvalue weighted by molar-refractivity contribution is -0.117. The van der Waals surface area contributed by atoms with Gasteiger partial charge in [-0.3, -0.25) is 9.59 Å². The first-order valence-corrected chi connectivity index (χ1v) is 8.68. The Kier molecular flexibility index (Phi) is 6.84. The lowest BCUT2D eigenvalue weighted by Crippen LogP contribution is -2.15. The van der Waals surface area contributed by atoms with Gasteiger partial charge in [0.1, 0.15) is 5.75 Å². The molecule has 0 saturated heterocycles. The smallest absolute Gasteiger partial charge is 0.226 e. The van der Waals surface area contributed by atoms with Gasteiger partial charge in [-0.15, -0.1) is 11.3 Å². The molecule has 3 N–H and O–H groups in total. The van der Waals surface area contributed by atoms with Crippen LogP contribution in [0.1, 0.15) is 18.5 Å². The number of nitrogens with two attached hydrogens (primary N) is 1. The molecule has 6 nitrogen and oxygen atoms in total. The summed E-state index contributed by atoms with van der Waals surface area (Å²) >= 11 is 13.0. The van der Waals surface area contributed by atoms with E-state index >= 15 is 0 Å². The molecule has 0 aliphatic heterocycles. The van der Waals surface area contributed by atoms with Crippen LogP contribution in [0, 0.1) is 0 Å². The van der Waals surface area contributed by atoms with Crippen molar-refractivity contribution < 1.29 is 14.3 Å². The fourth-order valence-electron chi connectivity index (χ4n) is 1.81. The molecule has 0 bridgehead atoms. The van der Waals surface area contributed by atoms with Crippen LogP contribution in [0.5, 0.6) is 5.75 Å². The van der Waals surface area contributed by atoms with Crippen molar-refractivity contribution in [2.75, 3.05) is 11.9 Å². The lowest BCUT2D eigenvalue weighted by Gasteiger charge is -2.08. The summed E-state index contributed by atoms with van der Waals surface area (Å²) in [5, 5.41) is 5.76. The predicted molar refractivity (Wildman–Crippen MR) is 94.8 cm³/mol. The van der Waals surface area contributed by atoms with Gasteiger partial charge in [0.2, 0.25) is 11.8 Å². The first kappa shape index (κ1) is 18.5. The van der Waals surface area contributed by atoms with Crippen molar-refractivity contribution in [2.24, 2.45) is 5.73 Å². The quantitative estimate of drug-likeness (QED) is 0.679. The average molecular weight is 388 g/mol. The molecule has 0 unspecified atom stereocenters. The fourth-order valence-corrected chi connectivity index (χ4v) is 3.00. The number of thiazole rings is 1. The third-order valence-electron chi connectivity index (χ3n) is 2.85. The van der Waals surface area contributed by atoms with E-state index in [1.54, 1.807) is 23.6 Å². The molecule has 2 aromatic rings. The van der Waals surface area contributed by atoms with Gasteiger partial charge in [-0.1, -0.05) is 23.2 Å². The molecular weight excluding hydrogens is 373 g/mol. The number of nitrogens with one attached hydrogen (secondary N) is 1. The molecule has 0 spiro atoms. The largest absolute Gasteiger partial charge is 0.492 e. The van der Waals surface area contributed by atoms with E-state index in [1.807, 2.05) is 0 Å². The second-order valence-corrected chi connectivity index (χ2v) is 6.56. The van der Waals surface area contributed by atoms with Crippen LogP contribution in [0.3, 0.4) is 0 Å². The molecule has 128 valence electrons. The summed E-state index contributed by atoms with van der Waals surface area (Å²) in [5.74, 6) is -0.116. The highest BCUT2D eigenvalue weighted by molar-refractivity contribution is 7.13. The second-order valence-electron chi connectivity index (χ2n) is 4.86. The number of primary amides is 1. The number of nitrogens with zero attached hydrogens (tertiary/aromatic N) is 1. The number of carbonyl (C=O) groups is 2. The zero-order valence-electron chi connectivity index (χ0n) is 12.6. The van der Waals surface area contributed by atoms with Gasteiger partial charge >= 0.3 is 0 Å². The summed E-state index contributed by atoms with van der Waals surface area (Å²) in [7, 11) is 0. The molecule has 24 heavy (non-hydrogen) atoms. The molecule has 9 heteroatoms. The topological polar surface area (TPSA) is 94.3 Å². The highest BCUT2D eigenvalue weighted by Crippen LogP contribution is 2.27. The summed E-state index contributed by atoms with van der Waals surface area (Å²) < 4.78 is 5.51. The number of rotatable bonds is 8. The summed E-state index contributed by atoms with van der Waals surface area (Å²) in [4.78, 5) is 26.7. The number of hydrogen-bond donors (Lipinski definition) is 2. The number of hydrogen-bond acceptors (Lipinski definition) is 5. The third kappa shape index (κ3) is 5.99. The molecule has 0 aliphatic carbocycles. The van der Waals surface area contributed by atoms with E-state index in [2.05, 4.69) is 10.3 Å². The van der Waals surface area contributed by atoms with Crippen molar-refractivity contribution in [2.45, 2.75) is 19.3 Å². The van der Waals surface area contributed by atoms with Gasteiger partial charge in [0.15, 0.2) is 5.13 Å². The number of anilines is 1. The Morgan fingerprint density at radius 3 is 2.83 bits per heavy atom. The van der Waals surface area contributed by atoms with Crippen molar-refractivity contribution in [3.05, 3.63) is 39.3 Å². The van der Waals surface area contributed by atoms with Crippen LogP contribution in [0.4, 0.5) is 5.13 Å². The number of amides is 2. The fraction of sp³-hybridized carbons (Fsp3) is 0.267. The van der Waals surface area contributed by atoms with Gasteiger partial charge in [-0.25, -0.2) is 4.98 Å². The van der Waals surface area contributed by atoms with Gasteiger partial charge in [0.25, 0.3) is 0 Å². The van der Waals surface area contributed by atoms with E-state index < -0.39 is 5.91 Å². The average Bonchev–Trinajstić information content (AvgIpc) is 2.91. The predicted octanol–water partition coefficient (Wildman–Crippen LogP) is 3.28. The van der Waals surface area contributed by atoms with Gasteiger partial charge in [0.05, 0.1) is 23.7 Å². The van der Waals surface area contributed by atoms with Crippen molar-refractivity contribution in [3.8, 4) is 5.75 Å². The van der Waals surface area contributed by atoms with Crippen LogP contribution in [0.15, 0.2) is 23.6 Å². The summed E-state index contributed by atoms with van der Waals surface area (Å²) in [6, 6.07) is 4.96. The van der Waals surface area contributed by atoms with E-state index in [-0.39, 0.29) is 18.7 Å². The van der Waals surface area contributed by atoms with Crippen molar-refractivity contribution in [1.82, 2.24) is 4.98 Å². The van der Waals surface area contributed by atoms with Crippen molar-refractivity contribution in [1.29, 1.82) is 0 Å². The number of aromatic nitrogens is 1. The number of ether oxygens (including phenoxy) is 1. The Morgan fingerprint density at radius 2 is 2.12 bits per heavy atom. The molecule has 1 heterocycles. The Bertz CT molecular complexity index is 737. The lowest BCUT2D eigenvalue weighted by atomic mass is 10.3. The monoisotopic (exact) mass is 387 g/mol. The minimum absolute atomic E-state index is 0.0576. The van der Waals surface area contributed by atoms with Crippen LogP contribution in [0.2, 0.25) is 10.0 Å². The van der Waals surface area contributed by atoms with Crippen LogP contribution in [-0.2, 0) is 16.0 Å². The zero-order valence-corrected chi connectivity index (χ0v) is 14.9. The minimum Gasteiger partial charge on any atom is -0.492 e. The second kappa shape index (κ2) is 8.86. The van der Waals surface area contributed by atoms with Crippen LogP contribution < -0.4 is 15.8 Å². The number of carbonyl (C=O) groups excluding carboxylic acids is 2. The maximum Gasteiger partial charge on any atom is 0.226 e. The molecule has 2 amide bonds. The molecule has 0 radical (unpaired) electrons.